The number of urea groups is 1. The van der Waals surface area contributed by atoms with Gasteiger partial charge in [0.15, 0.2) is 5.76 Å². The molecule has 1 aliphatic heterocycles. The molecule has 1 aromatic heterocycles. The summed E-state index contributed by atoms with van der Waals surface area (Å²) >= 11 is 0. The molecule has 0 spiro atoms. The number of carbonyl (C=O) groups is 1. The summed E-state index contributed by atoms with van der Waals surface area (Å²) in [5.74, 6) is -0.0998. The molecule has 120 valence electrons. The van der Waals surface area contributed by atoms with Crippen LogP contribution in [0.15, 0.2) is 21.7 Å². The average Bonchev–Trinajstić information content (AvgIpc) is 2.98. The number of hydrogen-bond acceptors (Lipinski definition) is 6. The fourth-order valence-corrected chi connectivity index (χ4v) is 2.38. The van der Waals surface area contributed by atoms with Gasteiger partial charge in [0.25, 0.3) is 0 Å². The molecule has 1 saturated heterocycles. The van der Waals surface area contributed by atoms with Crippen LogP contribution in [0.5, 0.6) is 0 Å². The molecular formula is C13H19N5O4. The maximum atomic E-state index is 10.8. The van der Waals surface area contributed by atoms with Crippen molar-refractivity contribution in [3.05, 3.63) is 28.0 Å². The molecule has 0 aromatic carbocycles. The lowest BCUT2D eigenvalue weighted by atomic mass is 10.1. The number of rotatable bonds is 6. The van der Waals surface area contributed by atoms with Crippen LogP contribution in [0, 0.1) is 10.1 Å². The molecule has 3 N–H and O–H groups in total. The van der Waals surface area contributed by atoms with Crippen LogP contribution < -0.4 is 11.2 Å². The Balaban J connectivity index is 2.05. The van der Waals surface area contributed by atoms with Crippen molar-refractivity contribution in [1.82, 2.24) is 10.3 Å². The van der Waals surface area contributed by atoms with Crippen molar-refractivity contribution in [3.63, 3.8) is 0 Å². The van der Waals surface area contributed by atoms with Crippen LogP contribution in [0.25, 0.3) is 0 Å². The van der Waals surface area contributed by atoms with E-state index in [4.69, 9.17) is 10.2 Å². The van der Waals surface area contributed by atoms with Gasteiger partial charge in [0.1, 0.15) is 10.6 Å². The molecule has 0 bridgehead atoms. The summed E-state index contributed by atoms with van der Waals surface area (Å²) < 4.78 is 5.14. The molecule has 22 heavy (non-hydrogen) atoms. The zero-order valence-corrected chi connectivity index (χ0v) is 12.2. The minimum Gasteiger partial charge on any atom is -0.399 e. The SMILES string of the molecule is NC(=O)NN=C(CCN1CCCCC1)c1ccc([N+](=O)[O-])o1. The Morgan fingerprint density at radius 3 is 2.73 bits per heavy atom. The third-order valence-electron chi connectivity index (χ3n) is 3.47. The number of nitrogens with one attached hydrogen (secondary N) is 1. The summed E-state index contributed by atoms with van der Waals surface area (Å²) in [6, 6.07) is 1.93. The summed E-state index contributed by atoms with van der Waals surface area (Å²) in [6.45, 7) is 2.79. The van der Waals surface area contributed by atoms with E-state index in [0.29, 0.717) is 12.1 Å². The highest BCUT2D eigenvalue weighted by atomic mass is 16.6. The number of likely N-dealkylation sites (tertiary alicyclic amines) is 1. The minimum absolute atomic E-state index is 0.262. The van der Waals surface area contributed by atoms with Crippen molar-refractivity contribution in [3.8, 4) is 0 Å². The third kappa shape index (κ3) is 4.55. The summed E-state index contributed by atoms with van der Waals surface area (Å²) in [5, 5.41) is 14.6. The van der Waals surface area contributed by atoms with Crippen LogP contribution in [-0.2, 0) is 0 Å². The second-order valence-corrected chi connectivity index (χ2v) is 5.08. The molecule has 1 fully saturated rings. The van der Waals surface area contributed by atoms with Gasteiger partial charge < -0.3 is 15.1 Å². The molecule has 0 unspecified atom stereocenters. The van der Waals surface area contributed by atoms with Crippen LogP contribution in [0.1, 0.15) is 31.4 Å². The number of piperidine rings is 1. The Morgan fingerprint density at radius 2 is 2.14 bits per heavy atom. The van der Waals surface area contributed by atoms with Crippen molar-refractivity contribution in [2.24, 2.45) is 10.8 Å². The highest BCUT2D eigenvalue weighted by Gasteiger charge is 2.18. The Bertz CT molecular complexity index is 563. The van der Waals surface area contributed by atoms with Crippen molar-refractivity contribution in [2.45, 2.75) is 25.7 Å². The Hall–Kier alpha value is -2.42. The van der Waals surface area contributed by atoms with Crippen LogP contribution in [-0.4, -0.2) is 41.2 Å². The molecular weight excluding hydrogens is 290 g/mol. The lowest BCUT2D eigenvalue weighted by molar-refractivity contribution is -0.402. The first-order chi connectivity index (χ1) is 10.6. The summed E-state index contributed by atoms with van der Waals surface area (Å²) in [5.41, 5.74) is 7.58. The van der Waals surface area contributed by atoms with E-state index in [1.807, 2.05) is 0 Å². The molecule has 2 rings (SSSR count). The van der Waals surface area contributed by atoms with Gasteiger partial charge in [-0.05, 0) is 32.0 Å². The molecule has 0 aliphatic carbocycles. The summed E-state index contributed by atoms with van der Waals surface area (Å²) in [6.07, 6.45) is 4.08. The first-order valence-electron chi connectivity index (χ1n) is 7.15. The predicted octanol–water partition coefficient (Wildman–Crippen LogP) is 1.44. The quantitative estimate of drug-likeness (QED) is 0.467. The standard InChI is InChI=1S/C13H19N5O4/c14-13(19)16-15-10(6-9-17-7-2-1-3-8-17)11-4-5-12(22-11)18(20)21/h4-5H,1-3,6-9H2,(H3,14,16,19). The number of hydrazone groups is 1. The second kappa shape index (κ2) is 7.55. The number of furan rings is 1. The lowest BCUT2D eigenvalue weighted by Gasteiger charge is -2.26. The van der Waals surface area contributed by atoms with E-state index in [-0.39, 0.29) is 11.6 Å². The van der Waals surface area contributed by atoms with E-state index >= 15 is 0 Å². The van der Waals surface area contributed by atoms with E-state index in [2.05, 4.69) is 15.4 Å². The molecule has 9 nitrogen and oxygen atoms in total. The van der Waals surface area contributed by atoms with Gasteiger partial charge in [-0.3, -0.25) is 10.1 Å². The number of nitrogens with two attached hydrogens (primary N) is 1. The fourth-order valence-electron chi connectivity index (χ4n) is 2.38. The number of carbonyl (C=O) groups excluding carboxylic acids is 1. The molecule has 1 aliphatic rings. The fraction of sp³-hybridized carbons (Fsp3) is 0.538. The number of amides is 2. The maximum absolute atomic E-state index is 10.8. The first kappa shape index (κ1) is 16.0. The van der Waals surface area contributed by atoms with Gasteiger partial charge in [0.2, 0.25) is 0 Å². The normalized spacial score (nSPS) is 16.5. The third-order valence-corrected chi connectivity index (χ3v) is 3.47. The van der Waals surface area contributed by atoms with E-state index in [9.17, 15) is 14.9 Å². The van der Waals surface area contributed by atoms with Crippen LogP contribution >= 0.6 is 0 Å². The van der Waals surface area contributed by atoms with Crippen molar-refractivity contribution in [2.75, 3.05) is 19.6 Å². The van der Waals surface area contributed by atoms with Crippen LogP contribution in [0.3, 0.4) is 0 Å². The van der Waals surface area contributed by atoms with Crippen molar-refractivity contribution >= 4 is 17.6 Å². The molecule has 2 heterocycles. The molecule has 0 atom stereocenters. The first-order valence-corrected chi connectivity index (χ1v) is 7.15. The van der Waals surface area contributed by atoms with Gasteiger partial charge in [-0.2, -0.15) is 5.10 Å². The largest absolute Gasteiger partial charge is 0.433 e. The minimum atomic E-state index is -0.795. The van der Waals surface area contributed by atoms with Gasteiger partial charge in [0, 0.05) is 13.0 Å². The Morgan fingerprint density at radius 1 is 1.41 bits per heavy atom. The highest BCUT2D eigenvalue weighted by Crippen LogP contribution is 2.18. The summed E-state index contributed by atoms with van der Waals surface area (Å²) in [4.78, 5) is 23.2. The van der Waals surface area contributed by atoms with Gasteiger partial charge in [-0.25, -0.2) is 10.2 Å². The Kier molecular flexibility index (Phi) is 5.48. The van der Waals surface area contributed by atoms with E-state index < -0.39 is 11.0 Å². The smallest absolute Gasteiger partial charge is 0.399 e. The number of nitro groups is 1. The molecule has 0 radical (unpaired) electrons. The molecule has 2 amide bonds. The zero-order valence-electron chi connectivity index (χ0n) is 12.2. The Labute approximate surface area is 127 Å². The maximum Gasteiger partial charge on any atom is 0.433 e. The van der Waals surface area contributed by atoms with Crippen molar-refractivity contribution in [1.29, 1.82) is 0 Å². The van der Waals surface area contributed by atoms with Crippen molar-refractivity contribution < 1.29 is 14.1 Å². The predicted molar refractivity (Wildman–Crippen MR) is 79.5 cm³/mol. The number of nitrogens with zero attached hydrogens (tertiary/aromatic N) is 3. The second-order valence-electron chi connectivity index (χ2n) is 5.08. The van der Waals surface area contributed by atoms with Gasteiger partial charge in [-0.15, -0.1) is 0 Å². The highest BCUT2D eigenvalue weighted by molar-refractivity contribution is 5.99. The topological polar surface area (TPSA) is 127 Å². The molecule has 0 saturated carbocycles. The monoisotopic (exact) mass is 309 g/mol. The number of primary amides is 1. The van der Waals surface area contributed by atoms with Gasteiger partial charge in [0.05, 0.1) is 6.07 Å². The zero-order chi connectivity index (χ0) is 15.9. The molecule has 9 heteroatoms. The van der Waals surface area contributed by atoms with Crippen LogP contribution in [0.4, 0.5) is 10.7 Å². The van der Waals surface area contributed by atoms with E-state index in [1.165, 1.54) is 18.6 Å². The van der Waals surface area contributed by atoms with Crippen LogP contribution in [0.2, 0.25) is 0 Å². The van der Waals surface area contributed by atoms with Gasteiger partial charge in [-0.1, -0.05) is 6.42 Å². The summed E-state index contributed by atoms with van der Waals surface area (Å²) in [7, 11) is 0. The van der Waals surface area contributed by atoms with Gasteiger partial charge >= 0.3 is 11.9 Å². The molecule has 1 aromatic rings. The van der Waals surface area contributed by atoms with E-state index in [0.717, 1.165) is 32.5 Å². The number of hydrogen-bond donors (Lipinski definition) is 2. The lowest BCUT2D eigenvalue weighted by Crippen LogP contribution is -2.32. The average molecular weight is 309 g/mol. The van der Waals surface area contributed by atoms with E-state index in [1.54, 1.807) is 0 Å².